The first-order valence-electron chi connectivity index (χ1n) is 6.54. The molecule has 2 aromatic heterocycles. The molecule has 1 aliphatic rings. The Morgan fingerprint density at radius 3 is 3.00 bits per heavy atom. The van der Waals surface area contributed by atoms with Gasteiger partial charge in [-0.25, -0.2) is 14.5 Å². The van der Waals surface area contributed by atoms with Crippen LogP contribution in [0.2, 0.25) is 0 Å². The average molecular weight is 293 g/mol. The van der Waals surface area contributed by atoms with Crippen molar-refractivity contribution in [3.63, 3.8) is 0 Å². The minimum absolute atomic E-state index is 0.0809. The smallest absolute Gasteiger partial charge is 0.328 e. The van der Waals surface area contributed by atoms with Crippen LogP contribution in [0.25, 0.3) is 0 Å². The van der Waals surface area contributed by atoms with Crippen LogP contribution >= 0.6 is 11.3 Å². The Balaban J connectivity index is 1.84. The SMILES string of the molecule is CCCn1nc2n(c1=O)CCN(C(=O)c1cscn1)C2. The number of carbonyl (C=O) groups is 1. The molecule has 106 valence electrons. The molecule has 1 aliphatic heterocycles. The maximum atomic E-state index is 12.2. The van der Waals surface area contributed by atoms with Crippen LogP contribution in [0.1, 0.15) is 29.7 Å². The van der Waals surface area contributed by atoms with Crippen molar-refractivity contribution in [2.24, 2.45) is 0 Å². The van der Waals surface area contributed by atoms with Crippen LogP contribution in [0.3, 0.4) is 0 Å². The molecular weight excluding hydrogens is 278 g/mol. The molecule has 1 amide bonds. The Morgan fingerprint density at radius 2 is 2.30 bits per heavy atom. The number of fused-ring (bicyclic) bond motifs is 1. The molecule has 2 aromatic rings. The van der Waals surface area contributed by atoms with Gasteiger partial charge in [0, 0.05) is 25.0 Å². The van der Waals surface area contributed by atoms with Gasteiger partial charge in [-0.2, -0.15) is 5.10 Å². The van der Waals surface area contributed by atoms with E-state index in [2.05, 4.69) is 10.1 Å². The molecule has 0 unspecified atom stereocenters. The molecule has 20 heavy (non-hydrogen) atoms. The van der Waals surface area contributed by atoms with Crippen molar-refractivity contribution >= 4 is 17.2 Å². The number of amides is 1. The van der Waals surface area contributed by atoms with E-state index in [1.165, 1.54) is 16.0 Å². The lowest BCUT2D eigenvalue weighted by molar-refractivity contribution is 0.0701. The molecule has 0 atom stereocenters. The predicted molar refractivity (Wildman–Crippen MR) is 73.6 cm³/mol. The largest absolute Gasteiger partial charge is 0.346 e. The monoisotopic (exact) mass is 293 g/mol. The van der Waals surface area contributed by atoms with Crippen LogP contribution in [0, 0.1) is 0 Å². The molecule has 0 saturated carbocycles. The van der Waals surface area contributed by atoms with Gasteiger partial charge in [0.1, 0.15) is 5.69 Å². The maximum absolute atomic E-state index is 12.2. The van der Waals surface area contributed by atoms with Gasteiger partial charge >= 0.3 is 5.69 Å². The fraction of sp³-hybridized carbons (Fsp3) is 0.500. The van der Waals surface area contributed by atoms with Crippen LogP contribution in [-0.2, 0) is 19.6 Å². The van der Waals surface area contributed by atoms with Crippen molar-refractivity contribution in [2.75, 3.05) is 6.54 Å². The minimum atomic E-state index is -0.102. The Kier molecular flexibility index (Phi) is 3.39. The van der Waals surface area contributed by atoms with Crippen molar-refractivity contribution in [3.05, 3.63) is 32.9 Å². The van der Waals surface area contributed by atoms with E-state index in [0.717, 1.165) is 6.42 Å². The van der Waals surface area contributed by atoms with E-state index in [0.29, 0.717) is 37.7 Å². The van der Waals surface area contributed by atoms with E-state index in [1.807, 2.05) is 6.92 Å². The molecule has 7 nitrogen and oxygen atoms in total. The average Bonchev–Trinajstić information content (AvgIpc) is 3.08. The summed E-state index contributed by atoms with van der Waals surface area (Å²) in [4.78, 5) is 30.0. The van der Waals surface area contributed by atoms with Gasteiger partial charge in [0.25, 0.3) is 5.91 Å². The highest BCUT2D eigenvalue weighted by Gasteiger charge is 2.26. The van der Waals surface area contributed by atoms with E-state index in [1.54, 1.807) is 20.4 Å². The van der Waals surface area contributed by atoms with E-state index in [9.17, 15) is 9.59 Å². The molecule has 0 N–H and O–H groups in total. The van der Waals surface area contributed by atoms with Gasteiger partial charge in [0.05, 0.1) is 12.1 Å². The summed E-state index contributed by atoms with van der Waals surface area (Å²) in [6.45, 7) is 3.98. The normalized spacial score (nSPS) is 14.3. The first-order chi connectivity index (χ1) is 9.70. The molecule has 0 spiro atoms. The highest BCUT2D eigenvalue weighted by atomic mass is 32.1. The summed E-state index contributed by atoms with van der Waals surface area (Å²) in [7, 11) is 0. The maximum Gasteiger partial charge on any atom is 0.346 e. The molecule has 3 heterocycles. The summed E-state index contributed by atoms with van der Waals surface area (Å²) >= 11 is 1.40. The van der Waals surface area contributed by atoms with E-state index in [-0.39, 0.29) is 11.6 Å². The molecule has 0 radical (unpaired) electrons. The molecular formula is C12H15N5O2S. The number of carbonyl (C=O) groups excluding carboxylic acids is 1. The lowest BCUT2D eigenvalue weighted by Gasteiger charge is -2.25. The number of thiazole rings is 1. The second-order valence-corrected chi connectivity index (χ2v) is 5.39. The van der Waals surface area contributed by atoms with Gasteiger partial charge < -0.3 is 4.90 Å². The highest BCUT2D eigenvalue weighted by Crippen LogP contribution is 2.12. The second kappa shape index (κ2) is 5.20. The molecule has 3 rings (SSSR count). The van der Waals surface area contributed by atoms with Crippen molar-refractivity contribution in [1.82, 2.24) is 24.2 Å². The van der Waals surface area contributed by atoms with Crippen LogP contribution in [-0.4, -0.2) is 36.7 Å². The third-order valence-electron chi connectivity index (χ3n) is 3.30. The Labute approximate surface area is 119 Å². The molecule has 0 aromatic carbocycles. The van der Waals surface area contributed by atoms with Crippen LogP contribution < -0.4 is 5.69 Å². The summed E-state index contributed by atoms with van der Waals surface area (Å²) in [6.07, 6.45) is 0.859. The molecule has 0 fully saturated rings. The molecule has 0 bridgehead atoms. The van der Waals surface area contributed by atoms with E-state index >= 15 is 0 Å². The second-order valence-electron chi connectivity index (χ2n) is 4.67. The van der Waals surface area contributed by atoms with Crippen molar-refractivity contribution in [2.45, 2.75) is 33.0 Å². The Bertz CT molecular complexity index is 673. The Morgan fingerprint density at radius 1 is 1.45 bits per heavy atom. The number of rotatable bonds is 3. The number of aryl methyl sites for hydroxylation is 1. The number of nitrogens with zero attached hydrogens (tertiary/aromatic N) is 5. The lowest BCUT2D eigenvalue weighted by atomic mass is 10.3. The zero-order valence-electron chi connectivity index (χ0n) is 11.2. The van der Waals surface area contributed by atoms with Gasteiger partial charge in [-0.15, -0.1) is 11.3 Å². The summed E-state index contributed by atoms with van der Waals surface area (Å²) in [6, 6.07) is 0. The summed E-state index contributed by atoms with van der Waals surface area (Å²) < 4.78 is 3.13. The number of hydrogen-bond donors (Lipinski definition) is 0. The van der Waals surface area contributed by atoms with Crippen molar-refractivity contribution < 1.29 is 4.79 Å². The van der Waals surface area contributed by atoms with Crippen molar-refractivity contribution in [1.29, 1.82) is 0 Å². The third-order valence-corrected chi connectivity index (χ3v) is 3.89. The topological polar surface area (TPSA) is 73.0 Å². The van der Waals surface area contributed by atoms with Gasteiger partial charge in [-0.1, -0.05) is 6.92 Å². The van der Waals surface area contributed by atoms with Gasteiger partial charge in [0.2, 0.25) is 0 Å². The predicted octanol–water partition coefficient (Wildman–Crippen LogP) is 0.567. The summed E-state index contributed by atoms with van der Waals surface area (Å²) in [5, 5.41) is 6.05. The molecule has 8 heteroatoms. The molecule has 0 aliphatic carbocycles. The first-order valence-corrected chi connectivity index (χ1v) is 7.49. The van der Waals surface area contributed by atoms with Gasteiger partial charge in [0.15, 0.2) is 5.82 Å². The van der Waals surface area contributed by atoms with E-state index < -0.39 is 0 Å². The highest BCUT2D eigenvalue weighted by molar-refractivity contribution is 7.07. The van der Waals surface area contributed by atoms with Crippen LogP contribution in [0.15, 0.2) is 15.7 Å². The van der Waals surface area contributed by atoms with Gasteiger partial charge in [-0.05, 0) is 6.42 Å². The minimum Gasteiger partial charge on any atom is -0.328 e. The quantitative estimate of drug-likeness (QED) is 0.829. The zero-order valence-corrected chi connectivity index (χ0v) is 12.0. The third kappa shape index (κ3) is 2.15. The summed E-state index contributed by atoms with van der Waals surface area (Å²) in [5.74, 6) is 0.549. The van der Waals surface area contributed by atoms with Crippen LogP contribution in [0.4, 0.5) is 0 Å². The Hall–Kier alpha value is -1.96. The van der Waals surface area contributed by atoms with Gasteiger partial charge in [-0.3, -0.25) is 9.36 Å². The standard InChI is InChI=1S/C12H15N5O2S/c1-2-3-17-12(19)16-5-4-15(6-10(16)14-17)11(18)9-7-20-8-13-9/h7-8H,2-6H2,1H3. The van der Waals surface area contributed by atoms with E-state index in [4.69, 9.17) is 0 Å². The van der Waals surface area contributed by atoms with Crippen LogP contribution in [0.5, 0.6) is 0 Å². The first kappa shape index (κ1) is 13.0. The summed E-state index contributed by atoms with van der Waals surface area (Å²) in [5.41, 5.74) is 2.02. The zero-order chi connectivity index (χ0) is 14.1. The number of hydrogen-bond acceptors (Lipinski definition) is 5. The fourth-order valence-corrected chi connectivity index (χ4v) is 2.83. The van der Waals surface area contributed by atoms with Crippen molar-refractivity contribution in [3.8, 4) is 0 Å². The molecule has 0 saturated heterocycles. The number of aromatic nitrogens is 4. The lowest BCUT2D eigenvalue weighted by Crippen LogP contribution is -2.41. The fourth-order valence-electron chi connectivity index (χ4n) is 2.31.